The zero-order valence-electron chi connectivity index (χ0n) is 24.8. The maximum atomic E-state index is 13.3. The Labute approximate surface area is 248 Å². The molecule has 1 saturated carbocycles. The highest BCUT2D eigenvalue weighted by Gasteiger charge is 2.56. The van der Waals surface area contributed by atoms with Crippen molar-refractivity contribution in [1.29, 1.82) is 5.41 Å². The van der Waals surface area contributed by atoms with Gasteiger partial charge in [0.25, 0.3) is 0 Å². The van der Waals surface area contributed by atoms with Gasteiger partial charge in [0.1, 0.15) is 0 Å². The molecule has 234 valence electrons. The predicted molar refractivity (Wildman–Crippen MR) is 156 cm³/mol. The number of likely N-dealkylation sites (tertiary alicyclic amines) is 2. The summed E-state index contributed by atoms with van der Waals surface area (Å²) in [6.07, 6.45) is 10.1. The summed E-state index contributed by atoms with van der Waals surface area (Å²) in [6.45, 7) is 6.75. The van der Waals surface area contributed by atoms with Crippen LogP contribution in [0.1, 0.15) is 57.8 Å². The van der Waals surface area contributed by atoms with Crippen LogP contribution in [0.3, 0.4) is 0 Å². The molecule has 3 atom stereocenters. The smallest absolute Gasteiger partial charge is 0.327 e. The number of nitrogens with two attached hydrogens (primary N) is 1. The number of carbonyl (C=O) groups excluding carboxylic acids is 3. The van der Waals surface area contributed by atoms with Crippen molar-refractivity contribution in [1.82, 2.24) is 29.4 Å². The van der Waals surface area contributed by atoms with Crippen LogP contribution in [-0.4, -0.2) is 142 Å². The highest BCUT2D eigenvalue weighted by molar-refractivity contribution is 6.07. The number of aliphatic carboxylic acids is 1. The first-order valence-corrected chi connectivity index (χ1v) is 15.9. The number of amides is 5. The summed E-state index contributed by atoms with van der Waals surface area (Å²) in [5.41, 5.74) is 5.63. The van der Waals surface area contributed by atoms with E-state index in [-0.39, 0.29) is 31.0 Å². The summed E-state index contributed by atoms with van der Waals surface area (Å²) in [5, 5.41) is 17.6. The van der Waals surface area contributed by atoms with Crippen LogP contribution in [0.15, 0.2) is 0 Å². The minimum Gasteiger partial charge on any atom is -0.480 e. The first-order chi connectivity index (χ1) is 20.2. The molecule has 13 heteroatoms. The molecule has 4 aliphatic heterocycles. The Bertz CT molecular complexity index is 1020. The fourth-order valence-electron chi connectivity index (χ4n) is 7.55. The van der Waals surface area contributed by atoms with Gasteiger partial charge in [-0.15, -0.1) is 0 Å². The van der Waals surface area contributed by atoms with E-state index in [9.17, 15) is 24.3 Å². The predicted octanol–water partition coefficient (Wildman–Crippen LogP) is 1.34. The largest absolute Gasteiger partial charge is 0.480 e. The Morgan fingerprint density at radius 2 is 1.33 bits per heavy atom. The summed E-state index contributed by atoms with van der Waals surface area (Å²) in [5.74, 6) is -1.50. The number of hydrogen-bond donors (Lipinski definition) is 3. The highest BCUT2D eigenvalue weighted by atomic mass is 16.4. The Hall–Kier alpha value is -3.09. The Balaban J connectivity index is 1.06. The van der Waals surface area contributed by atoms with Crippen LogP contribution in [0.5, 0.6) is 0 Å². The molecule has 5 aliphatic rings. The minimum atomic E-state index is -1.19. The lowest BCUT2D eigenvalue weighted by atomic mass is 9.78. The van der Waals surface area contributed by atoms with Gasteiger partial charge in [-0.25, -0.2) is 19.3 Å². The van der Waals surface area contributed by atoms with Crippen LogP contribution in [0.2, 0.25) is 0 Å². The van der Waals surface area contributed by atoms with Crippen molar-refractivity contribution in [2.75, 3.05) is 72.0 Å². The average molecular weight is 589 g/mol. The third-order valence-corrected chi connectivity index (χ3v) is 10.2. The maximum Gasteiger partial charge on any atom is 0.327 e. The van der Waals surface area contributed by atoms with Crippen molar-refractivity contribution in [2.45, 2.75) is 63.8 Å². The Morgan fingerprint density at radius 3 is 1.93 bits per heavy atom. The van der Waals surface area contributed by atoms with Crippen molar-refractivity contribution >= 4 is 29.9 Å². The molecule has 42 heavy (non-hydrogen) atoms. The molecule has 4 heterocycles. The zero-order chi connectivity index (χ0) is 29.8. The normalized spacial score (nSPS) is 28.0. The Morgan fingerprint density at radius 1 is 0.762 bits per heavy atom. The van der Waals surface area contributed by atoms with Gasteiger partial charge >= 0.3 is 18.0 Å². The number of piperazine rings is 2. The molecule has 0 spiro atoms. The van der Waals surface area contributed by atoms with Crippen molar-refractivity contribution in [2.24, 2.45) is 23.5 Å². The van der Waals surface area contributed by atoms with Crippen molar-refractivity contribution in [3.05, 3.63) is 0 Å². The molecule has 0 radical (unpaired) electrons. The standard InChI is InChI=1S/C29H48N8O5/c30-27(31)36-9-4-7-22(20-36)19-23-24(26(39)40)37(25(23)38)29(42)35-17-15-34(16-18-35)28(41)33-13-11-32(12-14-33)10-8-21-5-2-1-3-6-21/h21-24H,1-20H2,(H3,30,31)(H,39,40)/t22?,23-,24?/m1/s1. The SMILES string of the molecule is N=C(N)N1CCCC(C[C@H]2C(=O)N(C(=O)N3CCN(C(=O)N4CCN(CCC5CCCCC5)CC4)CC3)C2C(=O)O)C1. The zero-order valence-corrected chi connectivity index (χ0v) is 24.8. The Kier molecular flexibility index (Phi) is 9.74. The van der Waals surface area contributed by atoms with E-state index >= 15 is 0 Å². The summed E-state index contributed by atoms with van der Waals surface area (Å²) in [6, 6.07) is -1.78. The van der Waals surface area contributed by atoms with E-state index in [4.69, 9.17) is 11.1 Å². The molecule has 4 saturated heterocycles. The van der Waals surface area contributed by atoms with Crippen LogP contribution < -0.4 is 5.73 Å². The first kappa shape index (κ1) is 30.4. The quantitative estimate of drug-likeness (QED) is 0.238. The second kappa shape index (κ2) is 13.5. The summed E-state index contributed by atoms with van der Waals surface area (Å²) in [4.78, 5) is 61.9. The van der Waals surface area contributed by atoms with Crippen LogP contribution in [0, 0.1) is 23.2 Å². The molecule has 1 aliphatic carbocycles. The van der Waals surface area contributed by atoms with Gasteiger partial charge in [-0.3, -0.25) is 15.1 Å². The molecule has 5 rings (SSSR count). The lowest BCUT2D eigenvalue weighted by Gasteiger charge is -2.48. The number of nitrogens with one attached hydrogen (secondary N) is 1. The molecule has 2 unspecified atom stereocenters. The van der Waals surface area contributed by atoms with Gasteiger partial charge in [-0.05, 0) is 44.1 Å². The molecule has 5 fully saturated rings. The van der Waals surface area contributed by atoms with E-state index in [2.05, 4.69) is 4.90 Å². The van der Waals surface area contributed by atoms with Crippen LogP contribution in [0.25, 0.3) is 0 Å². The summed E-state index contributed by atoms with van der Waals surface area (Å²) in [7, 11) is 0. The number of guanidine groups is 1. The van der Waals surface area contributed by atoms with Gasteiger partial charge in [-0.2, -0.15) is 0 Å². The second-order valence-electron chi connectivity index (χ2n) is 12.8. The molecule has 13 nitrogen and oxygen atoms in total. The molecule has 0 aromatic carbocycles. The van der Waals surface area contributed by atoms with Gasteiger partial charge in [0.2, 0.25) is 5.91 Å². The van der Waals surface area contributed by atoms with Gasteiger partial charge < -0.3 is 30.4 Å². The molecular weight excluding hydrogens is 540 g/mol. The van der Waals surface area contributed by atoms with Crippen molar-refractivity contribution in [3.63, 3.8) is 0 Å². The number of hydrogen-bond acceptors (Lipinski definition) is 6. The lowest BCUT2D eigenvalue weighted by molar-refractivity contribution is -0.167. The third-order valence-electron chi connectivity index (χ3n) is 10.2. The monoisotopic (exact) mass is 588 g/mol. The lowest BCUT2D eigenvalue weighted by Crippen LogP contribution is -2.70. The van der Waals surface area contributed by atoms with E-state index in [1.54, 1.807) is 9.80 Å². The average Bonchev–Trinajstić information content (AvgIpc) is 3.01. The van der Waals surface area contributed by atoms with Crippen molar-refractivity contribution in [3.8, 4) is 0 Å². The summed E-state index contributed by atoms with van der Waals surface area (Å²) < 4.78 is 0. The van der Waals surface area contributed by atoms with Gasteiger partial charge in [0, 0.05) is 65.4 Å². The first-order valence-electron chi connectivity index (χ1n) is 15.9. The number of carbonyl (C=O) groups is 4. The highest BCUT2D eigenvalue weighted by Crippen LogP contribution is 2.36. The topological polar surface area (TPSA) is 158 Å². The van der Waals surface area contributed by atoms with E-state index in [0.717, 1.165) is 43.3 Å². The number of piperidine rings is 1. The molecule has 0 bridgehead atoms. The molecular formula is C29H48N8O5. The van der Waals surface area contributed by atoms with Crippen LogP contribution in [0.4, 0.5) is 9.59 Å². The molecule has 5 amide bonds. The molecule has 0 aromatic heterocycles. The number of carboxylic acids is 1. The van der Waals surface area contributed by atoms with Crippen LogP contribution >= 0.6 is 0 Å². The number of carboxylic acid groups (broad SMARTS) is 1. The van der Waals surface area contributed by atoms with Gasteiger partial charge in [-0.1, -0.05) is 32.1 Å². The minimum absolute atomic E-state index is 0.00961. The summed E-state index contributed by atoms with van der Waals surface area (Å²) >= 11 is 0. The number of imide groups is 1. The van der Waals surface area contributed by atoms with E-state index in [1.165, 1.54) is 43.4 Å². The number of urea groups is 2. The number of β-lactam (4-membered cyclic amide) rings is 1. The van der Waals surface area contributed by atoms with Crippen molar-refractivity contribution < 1.29 is 24.3 Å². The fourth-order valence-corrected chi connectivity index (χ4v) is 7.55. The number of rotatable bonds is 6. The number of nitrogens with zero attached hydrogens (tertiary/aromatic N) is 6. The van der Waals surface area contributed by atoms with Gasteiger partial charge in [0.05, 0.1) is 5.92 Å². The molecule has 0 aromatic rings. The van der Waals surface area contributed by atoms with Crippen LogP contribution in [-0.2, 0) is 9.59 Å². The van der Waals surface area contributed by atoms with Gasteiger partial charge in [0.15, 0.2) is 12.0 Å². The second-order valence-corrected chi connectivity index (χ2v) is 12.8. The maximum absolute atomic E-state index is 13.3. The molecule has 4 N–H and O–H groups in total. The third kappa shape index (κ3) is 6.76. The fraction of sp³-hybridized carbons (Fsp3) is 0.828. The van der Waals surface area contributed by atoms with E-state index in [0.29, 0.717) is 45.7 Å². The van der Waals surface area contributed by atoms with E-state index < -0.39 is 29.9 Å². The van der Waals surface area contributed by atoms with E-state index in [1.807, 2.05) is 4.90 Å².